The molecule has 108 valence electrons. The molecule has 19 heavy (non-hydrogen) atoms. The Morgan fingerprint density at radius 3 is 2.37 bits per heavy atom. The molecule has 0 saturated carbocycles. The zero-order valence-corrected chi connectivity index (χ0v) is 12.5. The van der Waals surface area contributed by atoms with Gasteiger partial charge in [-0.15, -0.1) is 0 Å². The lowest BCUT2D eigenvalue weighted by Crippen LogP contribution is -2.37. The lowest BCUT2D eigenvalue weighted by atomic mass is 10.1. The summed E-state index contributed by atoms with van der Waals surface area (Å²) in [6.45, 7) is 9.49. The van der Waals surface area contributed by atoms with Crippen LogP contribution in [0.3, 0.4) is 0 Å². The summed E-state index contributed by atoms with van der Waals surface area (Å²) in [5.74, 6) is 1.48. The second-order valence-electron chi connectivity index (χ2n) is 5.72. The van der Waals surface area contributed by atoms with Crippen LogP contribution in [0, 0.1) is 12.8 Å². The molecule has 3 heteroatoms. The summed E-state index contributed by atoms with van der Waals surface area (Å²) in [6.07, 6.45) is 0.641. The van der Waals surface area contributed by atoms with Crippen LogP contribution in [0.2, 0.25) is 0 Å². The van der Waals surface area contributed by atoms with Gasteiger partial charge < -0.3 is 15.2 Å². The maximum atomic E-state index is 9.86. The number of hydrogen-bond donors (Lipinski definition) is 2. The van der Waals surface area contributed by atoms with Crippen molar-refractivity contribution in [2.24, 2.45) is 5.92 Å². The van der Waals surface area contributed by atoms with Crippen molar-refractivity contribution < 1.29 is 9.84 Å². The Bertz CT molecular complexity index is 348. The lowest BCUT2D eigenvalue weighted by Gasteiger charge is -2.19. The zero-order chi connectivity index (χ0) is 14.3. The predicted octanol–water partition coefficient (Wildman–Crippen LogP) is 2.76. The van der Waals surface area contributed by atoms with Crippen LogP contribution in [-0.4, -0.2) is 30.4 Å². The fourth-order valence-electron chi connectivity index (χ4n) is 2.01. The number of aliphatic hydroxyl groups excluding tert-OH is 1. The number of aryl methyl sites for hydroxylation is 1. The molecule has 0 saturated heterocycles. The molecule has 0 radical (unpaired) electrons. The number of hydrogen-bond acceptors (Lipinski definition) is 3. The van der Waals surface area contributed by atoms with Crippen LogP contribution in [0.4, 0.5) is 0 Å². The van der Waals surface area contributed by atoms with Crippen molar-refractivity contribution >= 4 is 0 Å². The quantitative estimate of drug-likeness (QED) is 0.759. The van der Waals surface area contributed by atoms with Crippen LogP contribution in [0.15, 0.2) is 24.3 Å². The van der Waals surface area contributed by atoms with Gasteiger partial charge in [-0.25, -0.2) is 0 Å². The summed E-state index contributed by atoms with van der Waals surface area (Å²) >= 11 is 0. The van der Waals surface area contributed by atoms with Crippen molar-refractivity contribution in [1.29, 1.82) is 0 Å². The van der Waals surface area contributed by atoms with Crippen LogP contribution in [0.1, 0.15) is 32.8 Å². The fourth-order valence-corrected chi connectivity index (χ4v) is 2.01. The van der Waals surface area contributed by atoms with Crippen molar-refractivity contribution in [3.05, 3.63) is 29.8 Å². The van der Waals surface area contributed by atoms with Crippen molar-refractivity contribution in [2.75, 3.05) is 13.2 Å². The number of rotatable bonds is 8. The van der Waals surface area contributed by atoms with E-state index >= 15 is 0 Å². The topological polar surface area (TPSA) is 41.5 Å². The van der Waals surface area contributed by atoms with E-state index < -0.39 is 6.10 Å². The van der Waals surface area contributed by atoms with Gasteiger partial charge in [0.05, 0.1) is 0 Å². The monoisotopic (exact) mass is 265 g/mol. The van der Waals surface area contributed by atoms with Crippen LogP contribution < -0.4 is 10.1 Å². The van der Waals surface area contributed by atoms with E-state index in [0.29, 0.717) is 25.1 Å². The average molecular weight is 265 g/mol. The molecule has 0 amide bonds. The zero-order valence-electron chi connectivity index (χ0n) is 12.5. The molecule has 3 nitrogen and oxygen atoms in total. The van der Waals surface area contributed by atoms with Crippen LogP contribution >= 0.6 is 0 Å². The highest BCUT2D eigenvalue weighted by Gasteiger charge is 2.09. The molecule has 0 aromatic heterocycles. The largest absolute Gasteiger partial charge is 0.491 e. The van der Waals surface area contributed by atoms with Crippen molar-refractivity contribution in [3.63, 3.8) is 0 Å². The second-order valence-corrected chi connectivity index (χ2v) is 5.72. The summed E-state index contributed by atoms with van der Waals surface area (Å²) in [7, 11) is 0. The van der Waals surface area contributed by atoms with Gasteiger partial charge in [0.15, 0.2) is 0 Å². The number of ether oxygens (including phenoxy) is 1. The Labute approximate surface area is 117 Å². The molecule has 0 aliphatic rings. The van der Waals surface area contributed by atoms with Gasteiger partial charge in [0.25, 0.3) is 0 Å². The molecule has 0 aliphatic heterocycles. The summed E-state index contributed by atoms with van der Waals surface area (Å²) in [5, 5.41) is 13.2. The third-order valence-corrected chi connectivity index (χ3v) is 2.99. The van der Waals surface area contributed by atoms with Crippen molar-refractivity contribution in [1.82, 2.24) is 5.32 Å². The van der Waals surface area contributed by atoms with Gasteiger partial charge in [0, 0.05) is 12.6 Å². The van der Waals surface area contributed by atoms with E-state index in [0.717, 1.165) is 12.2 Å². The molecule has 2 atom stereocenters. The fraction of sp³-hybridized carbons (Fsp3) is 0.625. The van der Waals surface area contributed by atoms with Crippen molar-refractivity contribution in [3.8, 4) is 5.75 Å². The van der Waals surface area contributed by atoms with Gasteiger partial charge in [-0.3, -0.25) is 0 Å². The first kappa shape index (κ1) is 16.0. The predicted molar refractivity (Wildman–Crippen MR) is 79.6 cm³/mol. The highest BCUT2D eigenvalue weighted by Crippen LogP contribution is 2.11. The Morgan fingerprint density at radius 1 is 1.16 bits per heavy atom. The molecule has 0 spiro atoms. The SMILES string of the molecule is Cc1ccc(OCC(O)CNC(C)CC(C)C)cc1. The van der Waals surface area contributed by atoms with E-state index in [4.69, 9.17) is 4.74 Å². The molecule has 0 aliphatic carbocycles. The summed E-state index contributed by atoms with van der Waals surface area (Å²) < 4.78 is 5.55. The molecule has 2 N–H and O–H groups in total. The van der Waals surface area contributed by atoms with Crippen LogP contribution in [0.25, 0.3) is 0 Å². The smallest absolute Gasteiger partial charge is 0.119 e. The summed E-state index contributed by atoms with van der Waals surface area (Å²) in [5.41, 5.74) is 1.21. The van der Waals surface area contributed by atoms with Crippen molar-refractivity contribution in [2.45, 2.75) is 46.3 Å². The standard InChI is InChI=1S/C16H27NO2/c1-12(2)9-14(4)17-10-15(18)11-19-16-7-5-13(3)6-8-16/h5-8,12,14-15,17-18H,9-11H2,1-4H3. The van der Waals surface area contributed by atoms with E-state index in [9.17, 15) is 5.11 Å². The Hall–Kier alpha value is -1.06. The van der Waals surface area contributed by atoms with E-state index in [1.54, 1.807) is 0 Å². The Kier molecular flexibility index (Phi) is 6.89. The normalized spacial score (nSPS) is 14.4. The molecule has 0 fully saturated rings. The third-order valence-electron chi connectivity index (χ3n) is 2.99. The van der Waals surface area contributed by atoms with Gasteiger partial charge >= 0.3 is 0 Å². The minimum atomic E-state index is -0.476. The van der Waals surface area contributed by atoms with E-state index in [-0.39, 0.29) is 0 Å². The van der Waals surface area contributed by atoms with Gasteiger partial charge in [0.1, 0.15) is 18.5 Å². The molecule has 2 unspecified atom stereocenters. The highest BCUT2D eigenvalue weighted by molar-refractivity contribution is 5.26. The minimum absolute atomic E-state index is 0.324. The van der Waals surface area contributed by atoms with E-state index in [1.807, 2.05) is 31.2 Å². The van der Waals surface area contributed by atoms with E-state index in [2.05, 4.69) is 26.1 Å². The first-order chi connectivity index (χ1) is 8.97. The third kappa shape index (κ3) is 7.19. The number of nitrogens with one attached hydrogen (secondary N) is 1. The molecule has 1 aromatic carbocycles. The highest BCUT2D eigenvalue weighted by atomic mass is 16.5. The number of aliphatic hydroxyl groups is 1. The van der Waals surface area contributed by atoms with Gasteiger partial charge in [-0.2, -0.15) is 0 Å². The van der Waals surface area contributed by atoms with Gasteiger partial charge in [-0.05, 0) is 38.3 Å². The first-order valence-corrected chi connectivity index (χ1v) is 7.08. The van der Waals surface area contributed by atoms with Gasteiger partial charge in [-0.1, -0.05) is 31.5 Å². The summed E-state index contributed by atoms with van der Waals surface area (Å²) in [4.78, 5) is 0. The maximum absolute atomic E-state index is 9.86. The molecular formula is C16H27NO2. The second kappa shape index (κ2) is 8.18. The van der Waals surface area contributed by atoms with Crippen LogP contribution in [-0.2, 0) is 0 Å². The molecule has 1 rings (SSSR count). The minimum Gasteiger partial charge on any atom is -0.491 e. The molecule has 1 aromatic rings. The van der Waals surface area contributed by atoms with Gasteiger partial charge in [0.2, 0.25) is 0 Å². The lowest BCUT2D eigenvalue weighted by molar-refractivity contribution is 0.103. The molecule has 0 bridgehead atoms. The maximum Gasteiger partial charge on any atom is 0.119 e. The molecule has 0 heterocycles. The average Bonchev–Trinajstić information content (AvgIpc) is 2.35. The Morgan fingerprint density at radius 2 is 1.79 bits per heavy atom. The summed E-state index contributed by atoms with van der Waals surface area (Å²) in [6, 6.07) is 8.29. The molecular weight excluding hydrogens is 238 g/mol. The first-order valence-electron chi connectivity index (χ1n) is 7.08. The number of benzene rings is 1. The Balaban J connectivity index is 2.20. The van der Waals surface area contributed by atoms with E-state index in [1.165, 1.54) is 5.56 Å². The van der Waals surface area contributed by atoms with Crippen LogP contribution in [0.5, 0.6) is 5.75 Å².